The van der Waals surface area contributed by atoms with Gasteiger partial charge in [0, 0.05) is 6.54 Å². The number of hydrogen-bond donors (Lipinski definition) is 1. The lowest BCUT2D eigenvalue weighted by molar-refractivity contribution is 0.450. The van der Waals surface area contributed by atoms with Gasteiger partial charge in [-0.15, -0.1) is 0 Å². The predicted octanol–water partition coefficient (Wildman–Crippen LogP) is 1.66. The Labute approximate surface area is 68.4 Å². The molecule has 0 aromatic carbocycles. The Bertz CT molecular complexity index is 155. The third-order valence-electron chi connectivity index (χ3n) is 1.29. The maximum absolute atomic E-state index is 5.78. The fourth-order valence-corrected chi connectivity index (χ4v) is 0.782. The molecular weight excluding hydrogens is 138 g/mol. The quantitative estimate of drug-likeness (QED) is 0.617. The van der Waals surface area contributed by atoms with Gasteiger partial charge in [0.1, 0.15) is 5.66 Å². The van der Waals surface area contributed by atoms with Crippen LogP contribution in [0.3, 0.4) is 0 Å². The van der Waals surface area contributed by atoms with E-state index in [1.807, 2.05) is 13.8 Å². The van der Waals surface area contributed by atoms with Crippen LogP contribution in [0.2, 0.25) is 0 Å². The van der Waals surface area contributed by atoms with E-state index in [9.17, 15) is 0 Å². The topological polar surface area (TPSA) is 50.7 Å². The van der Waals surface area contributed by atoms with Crippen molar-refractivity contribution in [3.05, 3.63) is 0 Å². The van der Waals surface area contributed by atoms with Crippen LogP contribution in [-0.2, 0) is 0 Å². The summed E-state index contributed by atoms with van der Waals surface area (Å²) in [7, 11) is 0. The summed E-state index contributed by atoms with van der Waals surface area (Å²) in [5.74, 6) is 0. The van der Waals surface area contributed by atoms with Crippen LogP contribution in [0.25, 0.3) is 0 Å². The number of hydrogen-bond acceptors (Lipinski definition) is 3. The molecule has 0 saturated heterocycles. The predicted molar refractivity (Wildman–Crippen MR) is 47.9 cm³/mol. The van der Waals surface area contributed by atoms with Crippen LogP contribution in [0.5, 0.6) is 0 Å². The molecule has 11 heavy (non-hydrogen) atoms. The van der Waals surface area contributed by atoms with Gasteiger partial charge < -0.3 is 5.73 Å². The van der Waals surface area contributed by atoms with Crippen molar-refractivity contribution >= 4 is 6.01 Å². The van der Waals surface area contributed by atoms with Crippen LogP contribution in [0, 0.1) is 0 Å². The zero-order valence-corrected chi connectivity index (χ0v) is 7.59. The van der Waals surface area contributed by atoms with E-state index in [-0.39, 0.29) is 0 Å². The van der Waals surface area contributed by atoms with Crippen molar-refractivity contribution in [3.63, 3.8) is 0 Å². The molecule has 1 unspecified atom stereocenters. The second kappa shape index (κ2) is 5.05. The highest BCUT2D eigenvalue weighted by Crippen LogP contribution is 2.08. The van der Waals surface area contributed by atoms with Crippen molar-refractivity contribution in [3.8, 4) is 0 Å². The summed E-state index contributed by atoms with van der Waals surface area (Å²) in [5.41, 5.74) is 5.30. The normalized spacial score (nSPS) is 14.9. The van der Waals surface area contributed by atoms with Crippen molar-refractivity contribution in [1.82, 2.24) is 0 Å². The molecule has 0 heterocycles. The van der Waals surface area contributed by atoms with Gasteiger partial charge in [0.15, 0.2) is 0 Å². The Kier molecular flexibility index (Phi) is 4.75. The van der Waals surface area contributed by atoms with Gasteiger partial charge in [-0.25, -0.2) is 9.98 Å². The molecule has 3 nitrogen and oxygen atoms in total. The summed E-state index contributed by atoms with van der Waals surface area (Å²) in [5, 5.41) is 0. The Balaban J connectivity index is 3.99. The van der Waals surface area contributed by atoms with Gasteiger partial charge in [0.05, 0.1) is 6.01 Å². The lowest BCUT2D eigenvalue weighted by atomic mass is 10.1. The van der Waals surface area contributed by atoms with E-state index in [1.165, 1.54) is 0 Å². The fourth-order valence-electron chi connectivity index (χ4n) is 0.782. The summed E-state index contributed by atoms with van der Waals surface area (Å²) in [6, 6.07) is 2.59. The first-order valence-corrected chi connectivity index (χ1v) is 4.04. The minimum Gasteiger partial charge on any atom is -0.307 e. The Morgan fingerprint density at radius 3 is 2.55 bits per heavy atom. The van der Waals surface area contributed by atoms with E-state index >= 15 is 0 Å². The second-order valence-corrected chi connectivity index (χ2v) is 2.79. The van der Waals surface area contributed by atoms with Crippen LogP contribution in [0.15, 0.2) is 9.98 Å². The maximum Gasteiger partial charge on any atom is 0.116 e. The van der Waals surface area contributed by atoms with Crippen molar-refractivity contribution < 1.29 is 0 Å². The zero-order valence-electron chi connectivity index (χ0n) is 7.59. The molecule has 0 radical (unpaired) electrons. The van der Waals surface area contributed by atoms with Gasteiger partial charge in [-0.05, 0) is 20.3 Å². The van der Waals surface area contributed by atoms with Crippen LogP contribution in [-0.4, -0.2) is 18.2 Å². The Morgan fingerprint density at radius 2 is 2.09 bits per heavy atom. The molecule has 0 bridgehead atoms. The molecule has 2 N–H and O–H groups in total. The average molecular weight is 155 g/mol. The van der Waals surface area contributed by atoms with Crippen molar-refractivity contribution in [2.45, 2.75) is 39.3 Å². The standard InChI is InChI=1S/C8H17N3/c1-4-6-8(3,9)11-7-10-5-2/h4-6,9H2,1-3H3. The largest absolute Gasteiger partial charge is 0.307 e. The van der Waals surface area contributed by atoms with Crippen LogP contribution >= 0.6 is 0 Å². The highest BCUT2D eigenvalue weighted by atomic mass is 15.0. The molecule has 0 aliphatic heterocycles. The zero-order chi connectivity index (χ0) is 8.74. The van der Waals surface area contributed by atoms with E-state index in [4.69, 9.17) is 5.73 Å². The maximum atomic E-state index is 5.78. The van der Waals surface area contributed by atoms with Crippen molar-refractivity contribution in [2.24, 2.45) is 15.7 Å². The van der Waals surface area contributed by atoms with Gasteiger partial charge in [0.25, 0.3) is 0 Å². The molecule has 0 amide bonds. The van der Waals surface area contributed by atoms with Crippen LogP contribution in [0.4, 0.5) is 0 Å². The molecule has 64 valence electrons. The van der Waals surface area contributed by atoms with Crippen LogP contribution in [0.1, 0.15) is 33.6 Å². The number of rotatable bonds is 4. The Morgan fingerprint density at radius 1 is 1.45 bits per heavy atom. The van der Waals surface area contributed by atoms with Gasteiger partial charge >= 0.3 is 0 Å². The molecule has 0 aromatic rings. The van der Waals surface area contributed by atoms with Crippen LogP contribution < -0.4 is 5.73 Å². The number of aliphatic imine (C=N–C) groups is 2. The summed E-state index contributed by atoms with van der Waals surface area (Å²) in [4.78, 5) is 7.84. The smallest absolute Gasteiger partial charge is 0.116 e. The number of nitrogens with zero attached hydrogens (tertiary/aromatic N) is 2. The lowest BCUT2D eigenvalue weighted by Gasteiger charge is -2.15. The molecule has 3 heteroatoms. The average Bonchev–Trinajstić information content (AvgIpc) is 1.87. The highest BCUT2D eigenvalue weighted by molar-refractivity contribution is 5.42. The van der Waals surface area contributed by atoms with Gasteiger partial charge in [0.2, 0.25) is 0 Å². The first-order chi connectivity index (χ1) is 5.12. The molecule has 0 fully saturated rings. The minimum atomic E-state index is -0.479. The molecule has 0 aromatic heterocycles. The molecule has 0 aliphatic rings. The summed E-state index contributed by atoms with van der Waals surface area (Å²) >= 11 is 0. The number of nitrogens with two attached hydrogens (primary N) is 1. The van der Waals surface area contributed by atoms with E-state index in [0.29, 0.717) is 6.54 Å². The first kappa shape index (κ1) is 10.3. The molecule has 0 saturated carbocycles. The third-order valence-corrected chi connectivity index (χ3v) is 1.29. The van der Waals surface area contributed by atoms with E-state index in [1.54, 1.807) is 0 Å². The van der Waals surface area contributed by atoms with E-state index < -0.39 is 5.66 Å². The van der Waals surface area contributed by atoms with Gasteiger partial charge in [-0.3, -0.25) is 0 Å². The summed E-state index contributed by atoms with van der Waals surface area (Å²) < 4.78 is 0. The molecule has 0 aliphatic carbocycles. The molecular formula is C8H17N3. The van der Waals surface area contributed by atoms with Crippen molar-refractivity contribution in [1.29, 1.82) is 0 Å². The fraction of sp³-hybridized carbons (Fsp3) is 0.875. The van der Waals surface area contributed by atoms with E-state index in [2.05, 4.69) is 22.9 Å². The SMILES string of the molecule is CCCC(C)(N)N=C=NCC. The molecule has 1 atom stereocenters. The highest BCUT2D eigenvalue weighted by Gasteiger charge is 2.13. The van der Waals surface area contributed by atoms with Crippen molar-refractivity contribution in [2.75, 3.05) is 6.54 Å². The Hall–Kier alpha value is -0.660. The first-order valence-electron chi connectivity index (χ1n) is 4.04. The summed E-state index contributed by atoms with van der Waals surface area (Å²) in [6.07, 6.45) is 1.91. The second-order valence-electron chi connectivity index (χ2n) is 2.79. The van der Waals surface area contributed by atoms with E-state index in [0.717, 1.165) is 12.8 Å². The minimum absolute atomic E-state index is 0.479. The molecule has 0 spiro atoms. The van der Waals surface area contributed by atoms with Gasteiger partial charge in [-0.1, -0.05) is 13.3 Å². The lowest BCUT2D eigenvalue weighted by Crippen LogP contribution is -2.33. The monoisotopic (exact) mass is 155 g/mol. The summed E-state index contributed by atoms with van der Waals surface area (Å²) in [6.45, 7) is 6.62. The molecule has 0 rings (SSSR count). The van der Waals surface area contributed by atoms with Gasteiger partial charge in [-0.2, -0.15) is 0 Å². The third kappa shape index (κ3) is 5.77.